The maximum absolute atomic E-state index is 13.1. The second kappa shape index (κ2) is 73.0. The van der Waals surface area contributed by atoms with Crippen LogP contribution in [0.5, 0.6) is 0 Å². The molecule has 0 aromatic heterocycles. The van der Waals surface area contributed by atoms with E-state index in [1.807, 2.05) is 0 Å². The first kappa shape index (κ1) is 95.7. The summed E-state index contributed by atoms with van der Waals surface area (Å²) in [4.78, 5) is 73.0. The first-order valence-electron chi connectivity index (χ1n) is 39.1. The van der Waals surface area contributed by atoms with Crippen LogP contribution >= 0.6 is 15.6 Å². The van der Waals surface area contributed by atoms with Crippen molar-refractivity contribution in [1.29, 1.82) is 0 Å². The molecule has 0 saturated heterocycles. The lowest BCUT2D eigenvalue weighted by molar-refractivity contribution is -0.161. The van der Waals surface area contributed by atoms with E-state index in [0.717, 1.165) is 180 Å². The second-order valence-corrected chi connectivity index (χ2v) is 28.8. The fourth-order valence-corrected chi connectivity index (χ4v) is 12.0. The van der Waals surface area contributed by atoms with Gasteiger partial charge in [0.1, 0.15) is 19.3 Å². The molecule has 17 nitrogen and oxygen atoms in total. The molecule has 19 heteroatoms. The number of unbranched alkanes of at least 4 members (excludes halogenated alkanes) is 29. The van der Waals surface area contributed by atoms with Crippen LogP contribution in [0.1, 0.15) is 323 Å². The number of carbonyl (C=O) groups excluding carboxylic acids is 4. The first-order valence-corrected chi connectivity index (χ1v) is 42.1. The molecular formula is C81H140O17P2. The second-order valence-electron chi connectivity index (χ2n) is 25.9. The van der Waals surface area contributed by atoms with Crippen molar-refractivity contribution in [2.24, 2.45) is 0 Å². The van der Waals surface area contributed by atoms with Crippen LogP contribution in [-0.2, 0) is 65.4 Å². The predicted octanol–water partition coefficient (Wildman–Crippen LogP) is 22.6. The van der Waals surface area contributed by atoms with Crippen molar-refractivity contribution < 1.29 is 80.2 Å². The number of aliphatic hydroxyl groups excluding tert-OH is 1. The van der Waals surface area contributed by atoms with Gasteiger partial charge in [-0.2, -0.15) is 0 Å². The van der Waals surface area contributed by atoms with Crippen molar-refractivity contribution in [2.45, 2.75) is 341 Å². The normalized spacial score (nSPS) is 14.5. The van der Waals surface area contributed by atoms with Gasteiger partial charge in [-0.05, 0) is 122 Å². The summed E-state index contributed by atoms with van der Waals surface area (Å²) in [5.74, 6) is -2.22. The molecule has 100 heavy (non-hydrogen) atoms. The molecule has 0 rings (SSSR count). The van der Waals surface area contributed by atoms with Crippen molar-refractivity contribution in [1.82, 2.24) is 0 Å². The highest BCUT2D eigenvalue weighted by Gasteiger charge is 2.30. The number of ether oxygens (including phenoxy) is 4. The van der Waals surface area contributed by atoms with Crippen LogP contribution in [0.15, 0.2) is 109 Å². The van der Waals surface area contributed by atoms with Gasteiger partial charge < -0.3 is 33.8 Å². The summed E-state index contributed by atoms with van der Waals surface area (Å²) >= 11 is 0. The van der Waals surface area contributed by atoms with Crippen LogP contribution in [0.2, 0.25) is 0 Å². The number of hydrogen-bond acceptors (Lipinski definition) is 15. The molecule has 5 atom stereocenters. The highest BCUT2D eigenvalue weighted by molar-refractivity contribution is 7.47. The largest absolute Gasteiger partial charge is 0.472 e. The van der Waals surface area contributed by atoms with Crippen LogP contribution in [0.4, 0.5) is 0 Å². The molecule has 0 aliphatic heterocycles. The van der Waals surface area contributed by atoms with Gasteiger partial charge in [0.25, 0.3) is 0 Å². The molecule has 0 aliphatic rings. The van der Waals surface area contributed by atoms with Crippen molar-refractivity contribution >= 4 is 39.5 Å². The number of esters is 4. The summed E-state index contributed by atoms with van der Waals surface area (Å²) in [6, 6.07) is 0. The van der Waals surface area contributed by atoms with E-state index < -0.39 is 97.5 Å². The molecule has 0 bridgehead atoms. The van der Waals surface area contributed by atoms with Gasteiger partial charge in [0.05, 0.1) is 26.4 Å². The number of phosphoric acid groups is 2. The summed E-state index contributed by atoms with van der Waals surface area (Å²) < 4.78 is 68.5. The number of rotatable bonds is 73. The van der Waals surface area contributed by atoms with E-state index in [1.165, 1.54) is 64.2 Å². The lowest BCUT2D eigenvalue weighted by Crippen LogP contribution is -2.30. The minimum Gasteiger partial charge on any atom is -0.462 e. The summed E-state index contributed by atoms with van der Waals surface area (Å²) in [5.41, 5.74) is 0. The summed E-state index contributed by atoms with van der Waals surface area (Å²) in [5, 5.41) is 10.6. The molecule has 0 aliphatic carbocycles. The van der Waals surface area contributed by atoms with Crippen molar-refractivity contribution in [3.8, 4) is 0 Å². The molecule has 0 spiro atoms. The quantitative estimate of drug-likeness (QED) is 0.0169. The molecule has 5 unspecified atom stereocenters. The van der Waals surface area contributed by atoms with E-state index in [-0.39, 0.29) is 25.7 Å². The van der Waals surface area contributed by atoms with E-state index >= 15 is 0 Å². The lowest BCUT2D eigenvalue weighted by Gasteiger charge is -2.21. The van der Waals surface area contributed by atoms with Crippen LogP contribution < -0.4 is 0 Å². The Balaban J connectivity index is 5.38. The highest BCUT2D eigenvalue weighted by Crippen LogP contribution is 2.45. The molecule has 0 fully saturated rings. The fraction of sp³-hybridized carbons (Fsp3) is 0.728. The van der Waals surface area contributed by atoms with Gasteiger partial charge in [-0.25, -0.2) is 9.13 Å². The number of allylic oxidation sites excluding steroid dienone is 18. The van der Waals surface area contributed by atoms with Crippen LogP contribution in [0, 0.1) is 0 Å². The molecular weight excluding hydrogens is 1310 g/mol. The topological polar surface area (TPSA) is 237 Å². The monoisotopic (exact) mass is 1450 g/mol. The van der Waals surface area contributed by atoms with Crippen molar-refractivity contribution in [3.05, 3.63) is 109 Å². The fourth-order valence-electron chi connectivity index (χ4n) is 10.4. The Labute approximate surface area is 607 Å². The Morgan fingerprint density at radius 2 is 0.520 bits per heavy atom. The number of aliphatic hydroxyl groups is 1. The Hall–Kier alpha value is -4.28. The standard InChI is InChI=1S/C81H140O17P2/c1-5-9-13-17-21-25-29-33-37-41-45-49-53-57-61-65-78(83)91-71-76(97-80(85)67-63-59-55-51-47-43-39-35-31-27-23-19-15-11-7-3)73-95-99(87,88)93-69-75(82)70-94-100(89,90)96-74-77(98-81(86)68-64-60-56-52-48-44-40-36-32-28-24-20-16-12-8-4)72-92-79(84)66-62-58-54-50-46-42-38-34-30-26-22-18-14-10-6-2/h9-11,13-15,21-23,25-27,33-35,37-39,75-77,82H,5-8,12,16-20,24,28-32,36,40-74H2,1-4H3,(H,87,88)(H,89,90)/b13-9-,14-10-,15-11-,25-21-,26-22-,27-23-,37-33-,38-34-,39-35-. The van der Waals surface area contributed by atoms with E-state index in [9.17, 15) is 43.2 Å². The zero-order valence-corrected chi connectivity index (χ0v) is 64.6. The molecule has 0 heterocycles. The lowest BCUT2D eigenvalue weighted by atomic mass is 10.0. The third kappa shape index (κ3) is 72.1. The average molecular weight is 1450 g/mol. The van der Waals surface area contributed by atoms with Crippen LogP contribution in [0.25, 0.3) is 0 Å². The summed E-state index contributed by atoms with van der Waals surface area (Å²) in [6.07, 6.45) is 77.8. The zero-order chi connectivity index (χ0) is 73.2. The average Bonchev–Trinajstić information content (AvgIpc) is 1.01. The molecule has 0 aromatic carbocycles. The molecule has 3 N–H and O–H groups in total. The van der Waals surface area contributed by atoms with E-state index in [0.29, 0.717) is 25.7 Å². The van der Waals surface area contributed by atoms with Crippen LogP contribution in [-0.4, -0.2) is 96.7 Å². The number of hydrogen-bond donors (Lipinski definition) is 3. The van der Waals surface area contributed by atoms with E-state index in [2.05, 4.69) is 137 Å². The Bertz CT molecular complexity index is 2320. The Kier molecular flexibility index (Phi) is 69.9. The Morgan fingerprint density at radius 1 is 0.290 bits per heavy atom. The number of carbonyl (C=O) groups is 4. The van der Waals surface area contributed by atoms with Gasteiger partial charge in [0, 0.05) is 25.7 Å². The first-order chi connectivity index (χ1) is 48.7. The van der Waals surface area contributed by atoms with Crippen molar-refractivity contribution in [3.63, 3.8) is 0 Å². The van der Waals surface area contributed by atoms with E-state index in [1.54, 1.807) is 0 Å². The maximum atomic E-state index is 13.1. The predicted molar refractivity (Wildman–Crippen MR) is 408 cm³/mol. The molecule has 576 valence electrons. The molecule has 0 aromatic rings. The molecule has 0 saturated carbocycles. The van der Waals surface area contributed by atoms with Crippen molar-refractivity contribution in [2.75, 3.05) is 39.6 Å². The maximum Gasteiger partial charge on any atom is 0.472 e. The summed E-state index contributed by atoms with van der Waals surface area (Å²) in [6.45, 7) is 4.51. The summed E-state index contributed by atoms with van der Waals surface area (Å²) in [7, 11) is -9.96. The zero-order valence-electron chi connectivity index (χ0n) is 62.8. The smallest absolute Gasteiger partial charge is 0.462 e. The Morgan fingerprint density at radius 3 is 0.800 bits per heavy atom. The number of phosphoric ester groups is 2. The van der Waals surface area contributed by atoms with Crippen LogP contribution in [0.3, 0.4) is 0 Å². The van der Waals surface area contributed by atoms with Gasteiger partial charge in [-0.1, -0.05) is 285 Å². The van der Waals surface area contributed by atoms with Gasteiger partial charge in [0.2, 0.25) is 0 Å². The van der Waals surface area contributed by atoms with Gasteiger partial charge >= 0.3 is 39.5 Å². The van der Waals surface area contributed by atoms with E-state index in [4.69, 9.17) is 37.0 Å². The SMILES string of the molecule is CC/C=C\C/C=C\C/C=C\CCCCCCCC(=O)OCC(COP(=O)(O)OCC(O)COP(=O)(O)OCC(COC(=O)CCCCCCC/C=C\C/C=C\C/C=C\CC)OC(=O)CCCCCCCCCCCCCCCCC)OC(=O)CCCCCCC/C=C\C/C=C\C/C=C\CC. The minimum absolute atomic E-state index is 0.0704. The third-order valence-corrected chi connectivity index (χ3v) is 18.1. The van der Waals surface area contributed by atoms with Gasteiger partial charge in [-0.15, -0.1) is 0 Å². The highest BCUT2D eigenvalue weighted by atomic mass is 31.2. The van der Waals surface area contributed by atoms with Gasteiger partial charge in [0.15, 0.2) is 12.2 Å². The molecule has 0 amide bonds. The minimum atomic E-state index is -4.98. The molecule has 0 radical (unpaired) electrons. The third-order valence-electron chi connectivity index (χ3n) is 16.2. The van der Waals surface area contributed by atoms with Gasteiger partial charge in [-0.3, -0.25) is 37.3 Å².